The molecule has 0 saturated carbocycles. The zero-order valence-electron chi connectivity index (χ0n) is 13.2. The van der Waals surface area contributed by atoms with Gasteiger partial charge in [0.1, 0.15) is 0 Å². The SMILES string of the molecule is CCN(CC)CCCNCC1CCCc2ccccc21. The monoisotopic (exact) mass is 274 g/mol. The van der Waals surface area contributed by atoms with Gasteiger partial charge in [-0.2, -0.15) is 0 Å². The third-order valence-electron chi connectivity index (χ3n) is 4.61. The fraction of sp³-hybridized carbons (Fsp3) is 0.667. The maximum atomic E-state index is 3.67. The molecule has 1 N–H and O–H groups in total. The molecule has 2 nitrogen and oxygen atoms in total. The Morgan fingerprint density at radius 2 is 2.00 bits per heavy atom. The molecule has 0 radical (unpaired) electrons. The molecule has 2 heteroatoms. The second kappa shape index (κ2) is 8.43. The number of fused-ring (bicyclic) bond motifs is 1. The van der Waals surface area contributed by atoms with Crippen LogP contribution in [0.4, 0.5) is 0 Å². The predicted molar refractivity (Wildman–Crippen MR) is 87.4 cm³/mol. The molecule has 1 aliphatic carbocycles. The summed E-state index contributed by atoms with van der Waals surface area (Å²) < 4.78 is 0. The molecule has 1 atom stereocenters. The normalized spacial score (nSPS) is 18.2. The van der Waals surface area contributed by atoms with Crippen LogP contribution in [0.3, 0.4) is 0 Å². The van der Waals surface area contributed by atoms with E-state index in [1.807, 2.05) is 0 Å². The van der Waals surface area contributed by atoms with Crippen LogP contribution in [-0.2, 0) is 6.42 Å². The molecule has 1 aromatic carbocycles. The van der Waals surface area contributed by atoms with E-state index in [0.717, 1.165) is 19.0 Å². The Labute approximate surface area is 124 Å². The first-order valence-corrected chi connectivity index (χ1v) is 8.36. The average Bonchev–Trinajstić information content (AvgIpc) is 2.51. The van der Waals surface area contributed by atoms with E-state index in [-0.39, 0.29) is 0 Å². The summed E-state index contributed by atoms with van der Waals surface area (Å²) in [5.74, 6) is 0.730. The van der Waals surface area contributed by atoms with Crippen molar-refractivity contribution >= 4 is 0 Å². The standard InChI is InChI=1S/C18H30N2/c1-3-20(4-2)14-8-13-19-15-17-11-7-10-16-9-5-6-12-18(16)17/h5-6,9,12,17,19H,3-4,7-8,10-11,13-15H2,1-2H3. The van der Waals surface area contributed by atoms with Crippen LogP contribution < -0.4 is 5.32 Å². The van der Waals surface area contributed by atoms with Crippen LogP contribution in [0.25, 0.3) is 0 Å². The maximum absolute atomic E-state index is 3.67. The van der Waals surface area contributed by atoms with Crippen LogP contribution in [0, 0.1) is 0 Å². The minimum absolute atomic E-state index is 0.730. The fourth-order valence-corrected chi connectivity index (χ4v) is 3.31. The molecule has 20 heavy (non-hydrogen) atoms. The van der Waals surface area contributed by atoms with Gasteiger partial charge in [-0.25, -0.2) is 0 Å². The molecule has 0 aliphatic heterocycles. The van der Waals surface area contributed by atoms with Gasteiger partial charge in [0.05, 0.1) is 0 Å². The summed E-state index contributed by atoms with van der Waals surface area (Å²) >= 11 is 0. The molecular weight excluding hydrogens is 244 g/mol. The van der Waals surface area contributed by atoms with Gasteiger partial charge in [0.25, 0.3) is 0 Å². The summed E-state index contributed by atoms with van der Waals surface area (Å²) in [7, 11) is 0. The highest BCUT2D eigenvalue weighted by atomic mass is 15.1. The van der Waals surface area contributed by atoms with Crippen molar-refractivity contribution in [1.82, 2.24) is 10.2 Å². The molecule has 0 heterocycles. The van der Waals surface area contributed by atoms with Gasteiger partial charge in [-0.3, -0.25) is 0 Å². The van der Waals surface area contributed by atoms with Gasteiger partial charge in [-0.15, -0.1) is 0 Å². The first kappa shape index (κ1) is 15.5. The van der Waals surface area contributed by atoms with Crippen molar-refractivity contribution in [2.45, 2.75) is 45.4 Å². The van der Waals surface area contributed by atoms with Gasteiger partial charge < -0.3 is 10.2 Å². The minimum Gasteiger partial charge on any atom is -0.316 e. The van der Waals surface area contributed by atoms with Gasteiger partial charge in [0.15, 0.2) is 0 Å². The van der Waals surface area contributed by atoms with Crippen LogP contribution in [0.2, 0.25) is 0 Å². The predicted octanol–water partition coefficient (Wildman–Crippen LogP) is 3.43. The van der Waals surface area contributed by atoms with Crippen LogP contribution >= 0.6 is 0 Å². The molecule has 1 unspecified atom stereocenters. The van der Waals surface area contributed by atoms with E-state index in [2.05, 4.69) is 48.3 Å². The van der Waals surface area contributed by atoms with E-state index in [0.29, 0.717) is 0 Å². The van der Waals surface area contributed by atoms with Crippen molar-refractivity contribution in [3.63, 3.8) is 0 Å². The molecular formula is C18H30N2. The van der Waals surface area contributed by atoms with Gasteiger partial charge in [-0.1, -0.05) is 38.1 Å². The molecule has 112 valence electrons. The van der Waals surface area contributed by atoms with Gasteiger partial charge in [0, 0.05) is 6.54 Å². The van der Waals surface area contributed by atoms with Crippen LogP contribution in [0.5, 0.6) is 0 Å². The molecule has 0 amide bonds. The highest BCUT2D eigenvalue weighted by Gasteiger charge is 2.18. The van der Waals surface area contributed by atoms with Gasteiger partial charge >= 0.3 is 0 Å². The lowest BCUT2D eigenvalue weighted by Crippen LogP contribution is -2.29. The minimum atomic E-state index is 0.730. The molecule has 0 aromatic heterocycles. The Balaban J connectivity index is 1.70. The highest BCUT2D eigenvalue weighted by Crippen LogP contribution is 2.30. The van der Waals surface area contributed by atoms with E-state index in [9.17, 15) is 0 Å². The van der Waals surface area contributed by atoms with E-state index in [4.69, 9.17) is 0 Å². The summed E-state index contributed by atoms with van der Waals surface area (Å²) in [6, 6.07) is 9.01. The maximum Gasteiger partial charge on any atom is 0.00202 e. The molecule has 0 fully saturated rings. The molecule has 2 rings (SSSR count). The summed E-state index contributed by atoms with van der Waals surface area (Å²) in [4.78, 5) is 2.50. The zero-order chi connectivity index (χ0) is 14.2. The number of aryl methyl sites for hydroxylation is 1. The number of nitrogens with zero attached hydrogens (tertiary/aromatic N) is 1. The lowest BCUT2D eigenvalue weighted by molar-refractivity contribution is 0.297. The number of rotatable bonds is 8. The van der Waals surface area contributed by atoms with E-state index in [1.165, 1.54) is 45.3 Å². The second-order valence-corrected chi connectivity index (χ2v) is 5.87. The Bertz CT molecular complexity index is 385. The zero-order valence-corrected chi connectivity index (χ0v) is 13.2. The van der Waals surface area contributed by atoms with Crippen LogP contribution in [0.1, 0.15) is 50.2 Å². The third kappa shape index (κ3) is 4.32. The van der Waals surface area contributed by atoms with Gasteiger partial charge in [0.2, 0.25) is 0 Å². The first-order chi connectivity index (χ1) is 9.85. The van der Waals surface area contributed by atoms with Crippen molar-refractivity contribution in [1.29, 1.82) is 0 Å². The largest absolute Gasteiger partial charge is 0.316 e. The Hall–Kier alpha value is -0.860. The smallest absolute Gasteiger partial charge is 0.00202 e. The number of benzene rings is 1. The van der Waals surface area contributed by atoms with E-state index >= 15 is 0 Å². The highest BCUT2D eigenvalue weighted by molar-refractivity contribution is 5.32. The fourth-order valence-electron chi connectivity index (χ4n) is 3.31. The van der Waals surface area contributed by atoms with E-state index in [1.54, 1.807) is 11.1 Å². The third-order valence-corrected chi connectivity index (χ3v) is 4.61. The van der Waals surface area contributed by atoms with Crippen molar-refractivity contribution in [2.24, 2.45) is 0 Å². The number of hydrogen-bond acceptors (Lipinski definition) is 2. The summed E-state index contributed by atoms with van der Waals surface area (Å²) in [6.07, 6.45) is 5.23. The molecule has 0 spiro atoms. The lowest BCUT2D eigenvalue weighted by atomic mass is 9.83. The Morgan fingerprint density at radius 1 is 1.20 bits per heavy atom. The summed E-state index contributed by atoms with van der Waals surface area (Å²) in [6.45, 7) is 10.4. The topological polar surface area (TPSA) is 15.3 Å². The first-order valence-electron chi connectivity index (χ1n) is 8.36. The van der Waals surface area contributed by atoms with Crippen LogP contribution in [0.15, 0.2) is 24.3 Å². The van der Waals surface area contributed by atoms with Crippen molar-refractivity contribution in [2.75, 3.05) is 32.7 Å². The van der Waals surface area contributed by atoms with E-state index < -0.39 is 0 Å². The Morgan fingerprint density at radius 3 is 2.80 bits per heavy atom. The molecule has 0 bridgehead atoms. The quantitative estimate of drug-likeness (QED) is 0.731. The van der Waals surface area contributed by atoms with Crippen molar-refractivity contribution in [3.8, 4) is 0 Å². The van der Waals surface area contributed by atoms with Crippen LogP contribution in [-0.4, -0.2) is 37.6 Å². The van der Waals surface area contributed by atoms with Crippen molar-refractivity contribution < 1.29 is 0 Å². The average molecular weight is 274 g/mol. The second-order valence-electron chi connectivity index (χ2n) is 5.87. The molecule has 1 aromatic rings. The number of hydrogen-bond donors (Lipinski definition) is 1. The number of nitrogens with one attached hydrogen (secondary N) is 1. The lowest BCUT2D eigenvalue weighted by Gasteiger charge is -2.26. The Kier molecular flexibility index (Phi) is 6.55. The summed E-state index contributed by atoms with van der Waals surface area (Å²) in [5, 5.41) is 3.67. The molecule has 0 saturated heterocycles. The summed E-state index contributed by atoms with van der Waals surface area (Å²) in [5.41, 5.74) is 3.17. The van der Waals surface area contributed by atoms with Gasteiger partial charge in [-0.05, 0) is 68.9 Å². The van der Waals surface area contributed by atoms with Crippen molar-refractivity contribution in [3.05, 3.63) is 35.4 Å². The molecule has 1 aliphatic rings.